The van der Waals surface area contributed by atoms with Crippen molar-refractivity contribution in [3.8, 4) is 0 Å². The standard InChI is InChI=1S/C26H38N2O6/c1-16(2)14-17(15-29)28-20-22(31)27(24(3,4)5)12-9-11-26(20)18(21(28)30)19-23(32)33-13-8-7-10-25(19,6)34-26/h7,9-11,16-20,29H,8,12-15H2,1-6H3/t17-,18+,19-,20?,25+,26+/m1/s1. The van der Waals surface area contributed by atoms with Gasteiger partial charge in [-0.15, -0.1) is 0 Å². The van der Waals surface area contributed by atoms with Gasteiger partial charge < -0.3 is 24.4 Å². The van der Waals surface area contributed by atoms with Crippen LogP contribution in [0.4, 0.5) is 0 Å². The summed E-state index contributed by atoms with van der Waals surface area (Å²) in [5.41, 5.74) is -2.91. The van der Waals surface area contributed by atoms with Gasteiger partial charge in [0.2, 0.25) is 11.8 Å². The molecule has 4 aliphatic rings. The minimum absolute atomic E-state index is 0.192. The Hall–Kier alpha value is -2.19. The number of likely N-dealkylation sites (tertiary alicyclic amines) is 1. The molecule has 0 aliphatic carbocycles. The van der Waals surface area contributed by atoms with Gasteiger partial charge in [-0.1, -0.05) is 38.2 Å². The Bertz CT molecular complexity index is 921. The normalized spacial score (nSPS) is 36.6. The van der Waals surface area contributed by atoms with Crippen molar-refractivity contribution in [3.63, 3.8) is 0 Å². The zero-order valence-corrected chi connectivity index (χ0v) is 21.1. The Kier molecular flexibility index (Phi) is 6.22. The number of carbonyl (C=O) groups excluding carboxylic acids is 3. The van der Waals surface area contributed by atoms with Gasteiger partial charge >= 0.3 is 5.97 Å². The molecule has 0 aromatic carbocycles. The summed E-state index contributed by atoms with van der Waals surface area (Å²) in [5, 5.41) is 10.3. The first kappa shape index (κ1) is 24.9. The molecular weight excluding hydrogens is 436 g/mol. The lowest BCUT2D eigenvalue weighted by atomic mass is 9.74. The molecule has 2 fully saturated rings. The summed E-state index contributed by atoms with van der Waals surface area (Å²) in [5.74, 6) is -2.66. The molecule has 0 bridgehead atoms. The SMILES string of the molecule is CC(C)C[C@H](CO)N1C(=O)[C@@H]2[C@@H]3C(=O)OCCC=C[C@]3(C)O[C@@]23C=CCN(C(C)(C)C)C(=O)C13. The molecule has 8 heteroatoms. The molecule has 6 atom stereocenters. The number of ether oxygens (including phenoxy) is 2. The van der Waals surface area contributed by atoms with Crippen molar-refractivity contribution in [3.05, 3.63) is 24.3 Å². The highest BCUT2D eigenvalue weighted by Gasteiger charge is 2.75. The number of fused-ring (bicyclic) bond motifs is 2. The van der Waals surface area contributed by atoms with E-state index in [4.69, 9.17) is 9.47 Å². The third-order valence-electron chi connectivity index (χ3n) is 7.61. The molecule has 0 saturated carbocycles. The number of cyclic esters (lactones) is 1. The number of aliphatic hydroxyl groups excluding tert-OH is 1. The van der Waals surface area contributed by atoms with Crippen LogP contribution in [0.25, 0.3) is 0 Å². The van der Waals surface area contributed by atoms with Crippen molar-refractivity contribution in [2.24, 2.45) is 17.8 Å². The van der Waals surface area contributed by atoms with E-state index in [1.165, 1.54) is 4.90 Å². The summed E-state index contributed by atoms with van der Waals surface area (Å²) >= 11 is 0. The van der Waals surface area contributed by atoms with Crippen molar-refractivity contribution in [2.75, 3.05) is 19.8 Å². The molecule has 1 unspecified atom stereocenters. The number of hydrogen-bond acceptors (Lipinski definition) is 6. The maximum atomic E-state index is 14.2. The highest BCUT2D eigenvalue weighted by Crippen LogP contribution is 2.57. The van der Waals surface area contributed by atoms with Crippen LogP contribution in [0.1, 0.15) is 54.4 Å². The molecule has 4 rings (SSSR count). The summed E-state index contributed by atoms with van der Waals surface area (Å²) in [7, 11) is 0. The van der Waals surface area contributed by atoms with Gasteiger partial charge in [-0.05, 0) is 46.5 Å². The minimum Gasteiger partial charge on any atom is -0.465 e. The second-order valence-corrected chi connectivity index (χ2v) is 11.6. The smallest absolute Gasteiger partial charge is 0.313 e. The Morgan fingerprint density at radius 3 is 2.44 bits per heavy atom. The minimum atomic E-state index is -1.33. The Labute approximate surface area is 201 Å². The van der Waals surface area contributed by atoms with E-state index >= 15 is 0 Å². The first-order chi connectivity index (χ1) is 15.9. The van der Waals surface area contributed by atoms with Crippen molar-refractivity contribution >= 4 is 17.8 Å². The summed E-state index contributed by atoms with van der Waals surface area (Å²) < 4.78 is 12.2. The number of hydrogen-bond donors (Lipinski definition) is 1. The lowest BCUT2D eigenvalue weighted by molar-refractivity contribution is -0.163. The van der Waals surface area contributed by atoms with E-state index in [1.807, 2.05) is 58.9 Å². The summed E-state index contributed by atoms with van der Waals surface area (Å²) in [6.45, 7) is 12.0. The van der Waals surface area contributed by atoms with Gasteiger partial charge in [0.25, 0.3) is 0 Å². The number of esters is 1. The van der Waals surface area contributed by atoms with Gasteiger partial charge in [-0.3, -0.25) is 14.4 Å². The van der Waals surface area contributed by atoms with Crippen molar-refractivity contribution in [1.29, 1.82) is 0 Å². The van der Waals surface area contributed by atoms with Crippen LogP contribution in [0.2, 0.25) is 0 Å². The van der Waals surface area contributed by atoms with Gasteiger partial charge in [0.1, 0.15) is 17.6 Å². The average molecular weight is 475 g/mol. The lowest BCUT2D eigenvalue weighted by Gasteiger charge is -2.43. The molecule has 1 spiro atoms. The van der Waals surface area contributed by atoms with Crippen molar-refractivity contribution in [2.45, 2.75) is 83.2 Å². The second-order valence-electron chi connectivity index (χ2n) is 11.6. The van der Waals surface area contributed by atoms with Crippen LogP contribution in [0.15, 0.2) is 24.3 Å². The molecule has 0 radical (unpaired) electrons. The van der Waals surface area contributed by atoms with E-state index in [9.17, 15) is 19.5 Å². The van der Waals surface area contributed by atoms with E-state index in [1.54, 1.807) is 11.8 Å². The monoisotopic (exact) mass is 474 g/mol. The van der Waals surface area contributed by atoms with Gasteiger partial charge in [0.15, 0.2) is 0 Å². The van der Waals surface area contributed by atoms with Gasteiger partial charge in [-0.2, -0.15) is 0 Å². The molecule has 4 heterocycles. The van der Waals surface area contributed by atoms with Crippen molar-refractivity contribution < 1.29 is 29.0 Å². The van der Waals surface area contributed by atoms with Crippen molar-refractivity contribution in [1.82, 2.24) is 9.80 Å². The highest BCUT2D eigenvalue weighted by molar-refractivity contribution is 5.99. The number of aliphatic hydroxyl groups is 1. The number of nitrogens with zero attached hydrogens (tertiary/aromatic N) is 2. The van der Waals surface area contributed by atoms with E-state index in [2.05, 4.69) is 0 Å². The fourth-order valence-corrected chi connectivity index (χ4v) is 6.24. The molecule has 188 valence electrons. The largest absolute Gasteiger partial charge is 0.465 e. The van der Waals surface area contributed by atoms with E-state index in [0.717, 1.165) is 0 Å². The predicted octanol–water partition coefficient (Wildman–Crippen LogP) is 2.06. The number of rotatable bonds is 4. The van der Waals surface area contributed by atoms with Crippen LogP contribution in [0.3, 0.4) is 0 Å². The van der Waals surface area contributed by atoms with E-state index < -0.39 is 46.6 Å². The maximum absolute atomic E-state index is 14.2. The lowest BCUT2D eigenvalue weighted by Crippen LogP contribution is -2.61. The quantitative estimate of drug-likeness (QED) is 0.495. The fraction of sp³-hybridized carbons (Fsp3) is 0.731. The number of carbonyl (C=O) groups is 3. The topological polar surface area (TPSA) is 96.4 Å². The van der Waals surface area contributed by atoms with Gasteiger partial charge in [0.05, 0.1) is 30.8 Å². The fourth-order valence-electron chi connectivity index (χ4n) is 6.24. The van der Waals surface area contributed by atoms with Gasteiger partial charge in [-0.25, -0.2) is 0 Å². The Morgan fingerprint density at radius 2 is 1.82 bits per heavy atom. The van der Waals surface area contributed by atoms with Crippen LogP contribution < -0.4 is 0 Å². The highest BCUT2D eigenvalue weighted by atomic mass is 16.6. The number of amides is 2. The molecule has 0 aromatic rings. The first-order valence-corrected chi connectivity index (χ1v) is 12.3. The predicted molar refractivity (Wildman–Crippen MR) is 125 cm³/mol. The molecule has 34 heavy (non-hydrogen) atoms. The van der Waals surface area contributed by atoms with E-state index in [-0.39, 0.29) is 30.9 Å². The first-order valence-electron chi connectivity index (χ1n) is 12.3. The van der Waals surface area contributed by atoms with Crippen LogP contribution in [0, 0.1) is 17.8 Å². The summed E-state index contributed by atoms with van der Waals surface area (Å²) in [4.78, 5) is 44.9. The average Bonchev–Trinajstić information content (AvgIpc) is 3.04. The van der Waals surface area contributed by atoms with Crippen LogP contribution >= 0.6 is 0 Å². The molecular formula is C26H38N2O6. The summed E-state index contributed by atoms with van der Waals surface area (Å²) in [6, 6.07) is -1.54. The van der Waals surface area contributed by atoms with Gasteiger partial charge in [0, 0.05) is 12.1 Å². The van der Waals surface area contributed by atoms with Crippen LogP contribution in [-0.2, 0) is 23.9 Å². The third-order valence-corrected chi connectivity index (χ3v) is 7.61. The second kappa shape index (κ2) is 8.48. The van der Waals surface area contributed by atoms with Crippen LogP contribution in [0.5, 0.6) is 0 Å². The Balaban J connectivity index is 1.92. The molecule has 2 amide bonds. The van der Waals surface area contributed by atoms with Crippen LogP contribution in [-0.4, -0.2) is 81.3 Å². The molecule has 0 aromatic heterocycles. The molecule has 4 aliphatic heterocycles. The molecule has 1 N–H and O–H groups in total. The zero-order valence-electron chi connectivity index (χ0n) is 21.1. The Morgan fingerprint density at radius 1 is 1.12 bits per heavy atom. The third kappa shape index (κ3) is 3.70. The maximum Gasteiger partial charge on any atom is 0.313 e. The molecule has 8 nitrogen and oxygen atoms in total. The zero-order chi connectivity index (χ0) is 25.1. The molecule has 2 saturated heterocycles. The van der Waals surface area contributed by atoms with E-state index in [0.29, 0.717) is 19.4 Å². The summed E-state index contributed by atoms with van der Waals surface area (Å²) in [6.07, 6.45) is 8.55.